The number of rotatable bonds is 7. The fourth-order valence-electron chi connectivity index (χ4n) is 3.50. The van der Waals surface area contributed by atoms with Gasteiger partial charge in [-0.15, -0.1) is 0 Å². The maximum absolute atomic E-state index is 12.8. The number of ether oxygens (including phenoxy) is 1. The number of furan rings is 2. The van der Waals surface area contributed by atoms with Crippen LogP contribution in [0.3, 0.4) is 0 Å². The summed E-state index contributed by atoms with van der Waals surface area (Å²) in [4.78, 5) is 27.5. The lowest BCUT2D eigenvalue weighted by Gasteiger charge is -2.33. The Morgan fingerprint density at radius 2 is 1.94 bits per heavy atom. The minimum absolute atomic E-state index is 0.00585. The highest BCUT2D eigenvalue weighted by molar-refractivity contribution is 5.91. The number of aryl methyl sites for hydroxylation is 1. The molecule has 0 saturated carbocycles. The molecule has 0 atom stereocenters. The molecule has 1 fully saturated rings. The lowest BCUT2D eigenvalue weighted by atomic mass is 10.2. The van der Waals surface area contributed by atoms with Gasteiger partial charge in [0.05, 0.1) is 17.7 Å². The molecule has 2 aromatic heterocycles. The first-order chi connectivity index (χ1) is 15.0. The van der Waals surface area contributed by atoms with Crippen LogP contribution in [0, 0.1) is 17.0 Å². The monoisotopic (exact) mass is 425 g/mol. The molecule has 0 spiro atoms. The van der Waals surface area contributed by atoms with E-state index in [-0.39, 0.29) is 29.7 Å². The summed E-state index contributed by atoms with van der Waals surface area (Å²) in [5, 5.41) is 11.2. The standard InChI is InChI=1S/C22H23N3O6/c1-16-4-6-20(19(13-16)25(27)28)30-15-18-5-7-21(31-18)22(26)24-10-8-23(9-11-24)14-17-3-2-12-29-17/h2-7,12-13H,8-11,14-15H2,1H3. The molecule has 9 nitrogen and oxygen atoms in total. The van der Waals surface area contributed by atoms with Gasteiger partial charge in [0.25, 0.3) is 5.91 Å². The van der Waals surface area contributed by atoms with Crippen LogP contribution in [0.4, 0.5) is 5.69 Å². The molecular weight excluding hydrogens is 402 g/mol. The first kappa shape index (κ1) is 20.7. The molecule has 162 valence electrons. The molecule has 0 bridgehead atoms. The average molecular weight is 425 g/mol. The maximum Gasteiger partial charge on any atom is 0.311 e. The summed E-state index contributed by atoms with van der Waals surface area (Å²) in [5.74, 6) is 1.55. The van der Waals surface area contributed by atoms with E-state index in [0.717, 1.165) is 31.0 Å². The molecular formula is C22H23N3O6. The Labute approximate surface area is 178 Å². The van der Waals surface area contributed by atoms with Crippen molar-refractivity contribution in [3.8, 4) is 5.75 Å². The minimum Gasteiger partial charge on any atom is -0.479 e. The second-order valence-electron chi connectivity index (χ2n) is 7.43. The summed E-state index contributed by atoms with van der Waals surface area (Å²) < 4.78 is 16.6. The van der Waals surface area contributed by atoms with E-state index in [2.05, 4.69) is 4.90 Å². The van der Waals surface area contributed by atoms with Gasteiger partial charge in [-0.1, -0.05) is 6.07 Å². The quantitative estimate of drug-likeness (QED) is 0.421. The highest BCUT2D eigenvalue weighted by atomic mass is 16.6. The summed E-state index contributed by atoms with van der Waals surface area (Å²) in [5.41, 5.74) is 0.671. The topological polar surface area (TPSA) is 102 Å². The second kappa shape index (κ2) is 9.05. The third-order valence-corrected chi connectivity index (χ3v) is 5.17. The van der Waals surface area contributed by atoms with Crippen molar-refractivity contribution in [3.63, 3.8) is 0 Å². The van der Waals surface area contributed by atoms with E-state index in [9.17, 15) is 14.9 Å². The molecule has 0 radical (unpaired) electrons. The molecule has 9 heteroatoms. The van der Waals surface area contributed by atoms with Gasteiger partial charge >= 0.3 is 5.69 Å². The Morgan fingerprint density at radius 1 is 1.13 bits per heavy atom. The van der Waals surface area contributed by atoms with E-state index in [1.807, 2.05) is 12.1 Å². The number of amides is 1. The molecule has 0 N–H and O–H groups in total. The molecule has 0 unspecified atom stereocenters. The van der Waals surface area contributed by atoms with E-state index >= 15 is 0 Å². The highest BCUT2D eigenvalue weighted by Gasteiger charge is 2.25. The predicted octanol–water partition coefficient (Wildman–Crippen LogP) is 3.63. The largest absolute Gasteiger partial charge is 0.479 e. The van der Waals surface area contributed by atoms with Crippen molar-refractivity contribution in [2.75, 3.05) is 26.2 Å². The Hall–Kier alpha value is -3.59. The van der Waals surface area contributed by atoms with Crippen LogP contribution in [-0.2, 0) is 13.2 Å². The van der Waals surface area contributed by atoms with Gasteiger partial charge in [-0.3, -0.25) is 19.8 Å². The van der Waals surface area contributed by atoms with Crippen LogP contribution in [0.1, 0.15) is 27.6 Å². The number of benzene rings is 1. The van der Waals surface area contributed by atoms with Crippen LogP contribution in [0.5, 0.6) is 5.75 Å². The molecule has 1 aromatic carbocycles. The molecule has 3 heterocycles. The normalized spacial score (nSPS) is 14.5. The van der Waals surface area contributed by atoms with Gasteiger partial charge in [0, 0.05) is 32.2 Å². The van der Waals surface area contributed by atoms with Crippen LogP contribution in [-0.4, -0.2) is 46.8 Å². The van der Waals surface area contributed by atoms with E-state index in [1.165, 1.54) is 6.07 Å². The molecule has 1 saturated heterocycles. The van der Waals surface area contributed by atoms with Gasteiger partial charge < -0.3 is 18.5 Å². The smallest absolute Gasteiger partial charge is 0.311 e. The number of hydrogen-bond donors (Lipinski definition) is 0. The second-order valence-corrected chi connectivity index (χ2v) is 7.43. The van der Waals surface area contributed by atoms with E-state index in [1.54, 1.807) is 42.4 Å². The number of piperazine rings is 1. The number of carbonyl (C=O) groups is 1. The van der Waals surface area contributed by atoms with Crippen LogP contribution < -0.4 is 4.74 Å². The fourth-order valence-corrected chi connectivity index (χ4v) is 3.50. The summed E-state index contributed by atoms with van der Waals surface area (Å²) in [6.07, 6.45) is 1.66. The van der Waals surface area contributed by atoms with Gasteiger partial charge in [0.15, 0.2) is 11.5 Å². The third kappa shape index (κ3) is 4.95. The fraction of sp³-hybridized carbons (Fsp3) is 0.318. The van der Waals surface area contributed by atoms with Crippen molar-refractivity contribution in [1.29, 1.82) is 0 Å². The van der Waals surface area contributed by atoms with Gasteiger partial charge in [-0.05, 0) is 42.8 Å². The molecule has 1 amide bonds. The Kier molecular flexibility index (Phi) is 6.03. The maximum atomic E-state index is 12.8. The third-order valence-electron chi connectivity index (χ3n) is 5.17. The molecule has 1 aliphatic heterocycles. The zero-order valence-corrected chi connectivity index (χ0v) is 17.2. The number of nitro groups is 1. The lowest BCUT2D eigenvalue weighted by Crippen LogP contribution is -2.48. The molecule has 0 aliphatic carbocycles. The lowest BCUT2D eigenvalue weighted by molar-refractivity contribution is -0.386. The van der Waals surface area contributed by atoms with Crippen LogP contribution in [0.2, 0.25) is 0 Å². The van der Waals surface area contributed by atoms with E-state index in [0.29, 0.717) is 18.8 Å². The SMILES string of the molecule is Cc1ccc(OCc2ccc(C(=O)N3CCN(Cc4ccco4)CC3)o2)c([N+](=O)[O-])c1. The van der Waals surface area contributed by atoms with Crippen molar-refractivity contribution >= 4 is 11.6 Å². The first-order valence-corrected chi connectivity index (χ1v) is 10.00. The van der Waals surface area contributed by atoms with Crippen LogP contribution in [0.25, 0.3) is 0 Å². The number of nitrogens with zero attached hydrogens (tertiary/aromatic N) is 3. The van der Waals surface area contributed by atoms with Crippen molar-refractivity contribution in [1.82, 2.24) is 9.80 Å². The van der Waals surface area contributed by atoms with Crippen molar-refractivity contribution in [2.45, 2.75) is 20.1 Å². The molecule has 1 aliphatic rings. The number of carbonyl (C=O) groups excluding carboxylic acids is 1. The average Bonchev–Trinajstić information content (AvgIpc) is 3.45. The van der Waals surface area contributed by atoms with Gasteiger partial charge in [0.1, 0.15) is 18.1 Å². The molecule has 31 heavy (non-hydrogen) atoms. The number of hydrogen-bond acceptors (Lipinski definition) is 7. The van der Waals surface area contributed by atoms with Crippen LogP contribution in [0.15, 0.2) is 57.6 Å². The van der Waals surface area contributed by atoms with E-state index in [4.69, 9.17) is 13.6 Å². The molecule has 4 rings (SSSR count). The summed E-state index contributed by atoms with van der Waals surface area (Å²) >= 11 is 0. The van der Waals surface area contributed by atoms with Gasteiger partial charge in [0.2, 0.25) is 0 Å². The zero-order valence-electron chi connectivity index (χ0n) is 17.2. The van der Waals surface area contributed by atoms with Gasteiger partial charge in [-0.25, -0.2) is 0 Å². The van der Waals surface area contributed by atoms with Gasteiger partial charge in [-0.2, -0.15) is 0 Å². The number of nitro benzene ring substituents is 1. The Morgan fingerprint density at radius 3 is 2.65 bits per heavy atom. The highest BCUT2D eigenvalue weighted by Crippen LogP contribution is 2.28. The Balaban J connectivity index is 1.32. The Bertz CT molecular complexity index is 1050. The molecule has 3 aromatic rings. The zero-order chi connectivity index (χ0) is 21.8. The summed E-state index contributed by atoms with van der Waals surface area (Å²) in [6.45, 7) is 5.19. The predicted molar refractivity (Wildman–Crippen MR) is 111 cm³/mol. The van der Waals surface area contributed by atoms with Crippen molar-refractivity contribution in [2.24, 2.45) is 0 Å². The first-order valence-electron chi connectivity index (χ1n) is 10.00. The summed E-state index contributed by atoms with van der Waals surface area (Å²) in [7, 11) is 0. The van der Waals surface area contributed by atoms with Crippen LogP contribution >= 0.6 is 0 Å². The van der Waals surface area contributed by atoms with Crippen molar-refractivity contribution in [3.05, 3.63) is 81.7 Å². The minimum atomic E-state index is -0.481. The van der Waals surface area contributed by atoms with E-state index < -0.39 is 4.92 Å². The summed E-state index contributed by atoms with van der Waals surface area (Å²) in [6, 6.07) is 11.8. The van der Waals surface area contributed by atoms with Crippen molar-refractivity contribution < 1.29 is 23.3 Å².